The third-order valence-electron chi connectivity index (χ3n) is 3.54. The Morgan fingerprint density at radius 1 is 0.952 bits per heavy atom. The topological polar surface area (TPSA) is 63.1 Å². The van der Waals surface area contributed by atoms with Gasteiger partial charge in [-0.25, -0.2) is 9.18 Å². The van der Waals surface area contributed by atoms with Gasteiger partial charge >= 0.3 is 5.63 Å². The van der Waals surface area contributed by atoms with Crippen molar-refractivity contribution < 1.29 is 8.81 Å². The second-order valence-corrected chi connectivity index (χ2v) is 4.78. The molecule has 0 unspecified atom stereocenters. The largest absolute Gasteiger partial charge is 0.422 e. The van der Waals surface area contributed by atoms with E-state index in [1.807, 2.05) is 0 Å². The number of hydrogen-bond donors (Lipinski definition) is 1. The molecule has 5 heteroatoms. The van der Waals surface area contributed by atoms with Gasteiger partial charge in [0.25, 0.3) is 5.56 Å². The summed E-state index contributed by atoms with van der Waals surface area (Å²) in [6.07, 6.45) is 0. The molecule has 2 aromatic carbocycles. The van der Waals surface area contributed by atoms with E-state index in [4.69, 9.17) is 4.42 Å². The highest BCUT2D eigenvalue weighted by molar-refractivity contribution is 6.13. The van der Waals surface area contributed by atoms with Gasteiger partial charge in [0.05, 0.1) is 16.3 Å². The third kappa shape index (κ3) is 1.61. The lowest BCUT2D eigenvalue weighted by Gasteiger charge is -2.05. The molecule has 4 aromatic rings. The molecule has 0 aliphatic carbocycles. The predicted octanol–water partition coefficient (Wildman–Crippen LogP) is 2.93. The molecule has 0 saturated heterocycles. The van der Waals surface area contributed by atoms with Gasteiger partial charge in [0.2, 0.25) is 0 Å². The fourth-order valence-electron chi connectivity index (χ4n) is 2.65. The molecule has 0 aliphatic heterocycles. The monoisotopic (exact) mass is 281 g/mol. The molecule has 0 bridgehead atoms. The second-order valence-electron chi connectivity index (χ2n) is 4.78. The number of aromatic amines is 1. The first-order valence-electron chi connectivity index (χ1n) is 6.32. The maximum atomic E-state index is 13.3. The van der Waals surface area contributed by atoms with Crippen LogP contribution in [0.1, 0.15) is 0 Å². The summed E-state index contributed by atoms with van der Waals surface area (Å²) in [7, 11) is 0. The number of fused-ring (bicyclic) bond motifs is 5. The fraction of sp³-hybridized carbons (Fsp3) is 0. The SMILES string of the molecule is O=c1oc2ccccc2c2c(=O)[nH]c3cc(F)ccc3c12. The molecule has 102 valence electrons. The molecule has 4 nitrogen and oxygen atoms in total. The Bertz CT molecular complexity index is 1140. The first-order valence-corrected chi connectivity index (χ1v) is 6.32. The van der Waals surface area contributed by atoms with Crippen LogP contribution in [0.25, 0.3) is 32.6 Å². The van der Waals surface area contributed by atoms with Crippen molar-refractivity contribution in [3.8, 4) is 0 Å². The van der Waals surface area contributed by atoms with Crippen LogP contribution in [0.15, 0.2) is 56.5 Å². The van der Waals surface area contributed by atoms with Crippen molar-refractivity contribution in [1.82, 2.24) is 4.98 Å². The normalized spacial score (nSPS) is 11.5. The zero-order valence-electron chi connectivity index (χ0n) is 10.6. The van der Waals surface area contributed by atoms with E-state index in [2.05, 4.69) is 4.98 Å². The summed E-state index contributed by atoms with van der Waals surface area (Å²) in [5.74, 6) is -0.484. The Morgan fingerprint density at radius 3 is 2.62 bits per heavy atom. The number of aromatic nitrogens is 1. The summed E-state index contributed by atoms with van der Waals surface area (Å²) >= 11 is 0. The molecule has 0 amide bonds. The molecule has 1 N–H and O–H groups in total. The Balaban J connectivity index is 2.43. The van der Waals surface area contributed by atoms with Crippen LogP contribution in [0, 0.1) is 5.82 Å². The molecule has 0 radical (unpaired) electrons. The Morgan fingerprint density at radius 2 is 1.76 bits per heavy atom. The standard InChI is InChI=1S/C16H8FNO3/c17-8-5-6-9-11(7-8)18-15(19)13-10-3-1-2-4-12(10)21-16(20)14(9)13/h1-7H,(H,18,19). The number of benzene rings is 2. The van der Waals surface area contributed by atoms with Gasteiger partial charge in [-0.3, -0.25) is 4.79 Å². The van der Waals surface area contributed by atoms with Gasteiger partial charge in [0.15, 0.2) is 0 Å². The maximum absolute atomic E-state index is 13.3. The van der Waals surface area contributed by atoms with Gasteiger partial charge in [-0.05, 0) is 24.3 Å². The highest BCUT2D eigenvalue weighted by Gasteiger charge is 2.14. The summed E-state index contributed by atoms with van der Waals surface area (Å²) in [4.78, 5) is 27.2. The smallest absolute Gasteiger partial charge is 0.345 e. The molecule has 0 saturated carbocycles. The lowest BCUT2D eigenvalue weighted by molar-refractivity contribution is 0.570. The number of halogens is 1. The van der Waals surface area contributed by atoms with Crippen molar-refractivity contribution in [3.63, 3.8) is 0 Å². The van der Waals surface area contributed by atoms with Crippen molar-refractivity contribution in [3.05, 3.63) is 69.1 Å². The predicted molar refractivity (Wildman–Crippen MR) is 78.1 cm³/mol. The van der Waals surface area contributed by atoms with E-state index in [1.165, 1.54) is 18.2 Å². The van der Waals surface area contributed by atoms with E-state index in [-0.39, 0.29) is 16.3 Å². The van der Waals surface area contributed by atoms with Gasteiger partial charge in [-0.2, -0.15) is 0 Å². The molecule has 21 heavy (non-hydrogen) atoms. The van der Waals surface area contributed by atoms with Crippen LogP contribution in [-0.2, 0) is 0 Å². The number of para-hydroxylation sites is 1. The number of pyridine rings is 1. The van der Waals surface area contributed by atoms with Crippen molar-refractivity contribution in [2.75, 3.05) is 0 Å². The number of rotatable bonds is 0. The third-order valence-corrected chi connectivity index (χ3v) is 3.54. The van der Waals surface area contributed by atoms with Gasteiger partial charge in [-0.1, -0.05) is 18.2 Å². The molecule has 0 atom stereocenters. The van der Waals surface area contributed by atoms with Crippen LogP contribution in [0.5, 0.6) is 0 Å². The molecular formula is C16H8FNO3. The summed E-state index contributed by atoms with van der Waals surface area (Å²) in [6.45, 7) is 0. The minimum absolute atomic E-state index is 0.174. The quantitative estimate of drug-likeness (QED) is 0.398. The molecule has 0 spiro atoms. The molecule has 4 rings (SSSR count). The zero-order valence-corrected chi connectivity index (χ0v) is 10.6. The fourth-order valence-corrected chi connectivity index (χ4v) is 2.65. The summed E-state index contributed by atoms with van der Waals surface area (Å²) in [5.41, 5.74) is -0.421. The van der Waals surface area contributed by atoms with E-state index >= 15 is 0 Å². The van der Waals surface area contributed by atoms with Crippen molar-refractivity contribution in [2.45, 2.75) is 0 Å². The van der Waals surface area contributed by atoms with E-state index < -0.39 is 17.0 Å². The first kappa shape index (κ1) is 11.8. The summed E-state index contributed by atoms with van der Waals surface area (Å²) in [5, 5.41) is 1.46. The van der Waals surface area contributed by atoms with E-state index in [9.17, 15) is 14.0 Å². The highest BCUT2D eigenvalue weighted by Crippen LogP contribution is 2.25. The van der Waals surface area contributed by atoms with Crippen LogP contribution < -0.4 is 11.2 Å². The lowest BCUT2D eigenvalue weighted by atomic mass is 10.1. The molecule has 0 aliphatic rings. The highest BCUT2D eigenvalue weighted by atomic mass is 19.1. The van der Waals surface area contributed by atoms with Gasteiger partial charge < -0.3 is 9.40 Å². The number of nitrogens with one attached hydrogen (secondary N) is 1. The second kappa shape index (κ2) is 4.02. The number of H-pyrrole nitrogens is 1. The van der Waals surface area contributed by atoms with Crippen LogP contribution in [0.2, 0.25) is 0 Å². The summed E-state index contributed by atoms with van der Waals surface area (Å²) < 4.78 is 18.6. The van der Waals surface area contributed by atoms with Gasteiger partial charge in [0, 0.05) is 10.8 Å². The van der Waals surface area contributed by atoms with Crippen LogP contribution >= 0.6 is 0 Å². The Labute approximate surface area is 116 Å². The molecular weight excluding hydrogens is 273 g/mol. The van der Waals surface area contributed by atoms with Crippen LogP contribution in [0.3, 0.4) is 0 Å². The van der Waals surface area contributed by atoms with Crippen molar-refractivity contribution in [1.29, 1.82) is 0 Å². The van der Waals surface area contributed by atoms with E-state index in [0.717, 1.165) is 0 Å². The number of hydrogen-bond acceptors (Lipinski definition) is 3. The van der Waals surface area contributed by atoms with Crippen molar-refractivity contribution >= 4 is 32.6 Å². The average molecular weight is 281 g/mol. The van der Waals surface area contributed by atoms with Gasteiger partial charge in [0.1, 0.15) is 11.4 Å². The average Bonchev–Trinajstić information content (AvgIpc) is 2.46. The minimum atomic E-state index is -0.605. The Kier molecular flexibility index (Phi) is 2.27. The maximum Gasteiger partial charge on any atom is 0.345 e. The first-order chi connectivity index (χ1) is 10.1. The van der Waals surface area contributed by atoms with Crippen molar-refractivity contribution in [2.24, 2.45) is 0 Å². The van der Waals surface area contributed by atoms with E-state index in [0.29, 0.717) is 16.4 Å². The van der Waals surface area contributed by atoms with Crippen LogP contribution in [-0.4, -0.2) is 4.98 Å². The molecule has 2 heterocycles. The Hall–Kier alpha value is -2.95. The van der Waals surface area contributed by atoms with E-state index in [1.54, 1.807) is 24.3 Å². The zero-order chi connectivity index (χ0) is 14.6. The summed E-state index contributed by atoms with van der Waals surface area (Å²) in [6, 6.07) is 10.7. The molecule has 0 fully saturated rings. The van der Waals surface area contributed by atoms with Gasteiger partial charge in [-0.15, -0.1) is 0 Å². The van der Waals surface area contributed by atoms with Crippen LogP contribution in [0.4, 0.5) is 4.39 Å². The molecule has 2 aromatic heterocycles. The minimum Gasteiger partial charge on any atom is -0.422 e. The lowest BCUT2D eigenvalue weighted by Crippen LogP contribution is -2.12.